The van der Waals surface area contributed by atoms with E-state index in [4.69, 9.17) is 4.74 Å². The Bertz CT molecular complexity index is 1390. The highest BCUT2D eigenvalue weighted by Crippen LogP contribution is 2.30. The van der Waals surface area contributed by atoms with E-state index in [1.807, 2.05) is 19.2 Å². The van der Waals surface area contributed by atoms with Crippen molar-refractivity contribution in [1.82, 2.24) is 19.7 Å². The van der Waals surface area contributed by atoms with Crippen molar-refractivity contribution in [3.05, 3.63) is 59.8 Å². The van der Waals surface area contributed by atoms with Crippen molar-refractivity contribution < 1.29 is 13.9 Å². The Kier molecular flexibility index (Phi) is 5.57. The van der Waals surface area contributed by atoms with Gasteiger partial charge in [0.25, 0.3) is 5.91 Å². The molecule has 3 aromatic heterocycles. The summed E-state index contributed by atoms with van der Waals surface area (Å²) >= 11 is 0. The molecule has 0 saturated carbocycles. The minimum atomic E-state index is -0.405. The van der Waals surface area contributed by atoms with Crippen molar-refractivity contribution in [2.75, 3.05) is 30.4 Å². The Labute approximate surface area is 196 Å². The van der Waals surface area contributed by atoms with Gasteiger partial charge in [0.05, 0.1) is 35.8 Å². The molecule has 4 heterocycles. The van der Waals surface area contributed by atoms with Crippen LogP contribution in [0.2, 0.25) is 0 Å². The molecular formula is C25H27FN6O2. The van der Waals surface area contributed by atoms with Crippen LogP contribution in [-0.4, -0.2) is 52.6 Å². The zero-order chi connectivity index (χ0) is 24.0. The zero-order valence-corrected chi connectivity index (χ0v) is 19.6. The van der Waals surface area contributed by atoms with E-state index in [0.29, 0.717) is 45.8 Å². The van der Waals surface area contributed by atoms with E-state index in [1.54, 1.807) is 22.7 Å². The van der Waals surface area contributed by atoms with Crippen molar-refractivity contribution in [2.45, 2.75) is 32.9 Å². The number of piperazine rings is 1. The number of rotatable bonds is 4. The summed E-state index contributed by atoms with van der Waals surface area (Å²) in [5.41, 5.74) is 4.06. The number of pyridine rings is 1. The SMILES string of the molecule is COc1cnc2c(C(=O)Nc3cc(F)c4cc(C)cn4c3)ccc(N3C[C@@H](C)N[C@H](C)C3)c2n1. The van der Waals surface area contributed by atoms with Gasteiger partial charge in [0, 0.05) is 43.6 Å². The fourth-order valence-corrected chi connectivity index (χ4v) is 4.71. The maximum atomic E-state index is 14.6. The summed E-state index contributed by atoms with van der Waals surface area (Å²) in [6.45, 7) is 7.78. The van der Waals surface area contributed by atoms with Crippen LogP contribution in [-0.2, 0) is 0 Å². The quantitative estimate of drug-likeness (QED) is 0.480. The first-order valence-corrected chi connectivity index (χ1v) is 11.3. The molecule has 1 aliphatic heterocycles. The predicted octanol–water partition coefficient (Wildman–Crippen LogP) is 3.78. The fourth-order valence-electron chi connectivity index (χ4n) is 4.71. The Morgan fingerprint density at radius 2 is 1.94 bits per heavy atom. The van der Waals surface area contributed by atoms with Gasteiger partial charge in [-0.25, -0.2) is 14.4 Å². The minimum Gasteiger partial charge on any atom is -0.480 e. The van der Waals surface area contributed by atoms with Crippen LogP contribution in [0.4, 0.5) is 15.8 Å². The van der Waals surface area contributed by atoms with E-state index in [2.05, 4.69) is 39.3 Å². The molecule has 34 heavy (non-hydrogen) atoms. The number of carbonyl (C=O) groups is 1. The summed E-state index contributed by atoms with van der Waals surface area (Å²) in [6.07, 6.45) is 5.00. The van der Waals surface area contributed by atoms with Crippen LogP contribution < -0.4 is 20.3 Å². The van der Waals surface area contributed by atoms with Crippen molar-refractivity contribution in [3.8, 4) is 5.88 Å². The maximum absolute atomic E-state index is 14.6. The molecular weight excluding hydrogens is 435 g/mol. The number of aromatic nitrogens is 3. The number of hydrogen-bond donors (Lipinski definition) is 2. The molecule has 9 heteroatoms. The van der Waals surface area contributed by atoms with E-state index < -0.39 is 5.82 Å². The lowest BCUT2D eigenvalue weighted by atomic mass is 10.1. The lowest BCUT2D eigenvalue weighted by Gasteiger charge is -2.38. The zero-order valence-electron chi connectivity index (χ0n) is 19.6. The summed E-state index contributed by atoms with van der Waals surface area (Å²) in [5.74, 6) is -0.420. The molecule has 0 radical (unpaired) electrons. The van der Waals surface area contributed by atoms with Gasteiger partial charge in [-0.1, -0.05) is 0 Å². The number of nitrogens with one attached hydrogen (secondary N) is 2. The molecule has 1 amide bonds. The summed E-state index contributed by atoms with van der Waals surface area (Å²) < 4.78 is 21.5. The van der Waals surface area contributed by atoms with Crippen molar-refractivity contribution >= 4 is 33.8 Å². The molecule has 1 saturated heterocycles. The number of benzene rings is 1. The van der Waals surface area contributed by atoms with Crippen LogP contribution in [0, 0.1) is 12.7 Å². The van der Waals surface area contributed by atoms with E-state index in [1.165, 1.54) is 19.4 Å². The van der Waals surface area contributed by atoms with E-state index in [9.17, 15) is 9.18 Å². The second-order valence-corrected chi connectivity index (χ2v) is 8.96. The third-order valence-corrected chi connectivity index (χ3v) is 6.06. The predicted molar refractivity (Wildman–Crippen MR) is 130 cm³/mol. The highest BCUT2D eigenvalue weighted by atomic mass is 19.1. The maximum Gasteiger partial charge on any atom is 0.257 e. The van der Waals surface area contributed by atoms with Gasteiger partial charge >= 0.3 is 0 Å². The number of methoxy groups -OCH3 is 1. The number of halogens is 1. The Morgan fingerprint density at radius 1 is 1.18 bits per heavy atom. The highest BCUT2D eigenvalue weighted by Gasteiger charge is 2.25. The number of anilines is 2. The van der Waals surface area contributed by atoms with Gasteiger partial charge in [-0.3, -0.25) is 4.79 Å². The van der Waals surface area contributed by atoms with Crippen LogP contribution in [0.1, 0.15) is 29.8 Å². The van der Waals surface area contributed by atoms with E-state index >= 15 is 0 Å². The smallest absolute Gasteiger partial charge is 0.257 e. The van der Waals surface area contributed by atoms with Crippen molar-refractivity contribution in [3.63, 3.8) is 0 Å². The first-order chi connectivity index (χ1) is 16.3. The minimum absolute atomic E-state index is 0.308. The first kappa shape index (κ1) is 22.1. The van der Waals surface area contributed by atoms with Gasteiger partial charge in [-0.15, -0.1) is 0 Å². The topological polar surface area (TPSA) is 83.8 Å². The molecule has 0 bridgehead atoms. The number of nitrogens with zero attached hydrogens (tertiary/aromatic N) is 4. The Morgan fingerprint density at radius 3 is 2.68 bits per heavy atom. The molecule has 2 N–H and O–H groups in total. The molecule has 1 aliphatic rings. The second kappa shape index (κ2) is 8.57. The van der Waals surface area contributed by atoms with E-state index in [0.717, 1.165) is 24.3 Å². The van der Waals surface area contributed by atoms with Crippen LogP contribution in [0.5, 0.6) is 5.88 Å². The van der Waals surface area contributed by atoms with Crippen LogP contribution >= 0.6 is 0 Å². The Hall–Kier alpha value is -3.72. The summed E-state index contributed by atoms with van der Waals surface area (Å²) in [4.78, 5) is 24.7. The van der Waals surface area contributed by atoms with Gasteiger partial charge in [-0.2, -0.15) is 0 Å². The molecule has 0 unspecified atom stereocenters. The molecule has 4 aromatic rings. The highest BCUT2D eigenvalue weighted by molar-refractivity contribution is 6.13. The van der Waals surface area contributed by atoms with Gasteiger partial charge < -0.3 is 24.7 Å². The summed E-state index contributed by atoms with van der Waals surface area (Å²) in [7, 11) is 1.54. The van der Waals surface area contributed by atoms with Crippen molar-refractivity contribution in [2.24, 2.45) is 0 Å². The van der Waals surface area contributed by atoms with Crippen molar-refractivity contribution in [1.29, 1.82) is 0 Å². The lowest BCUT2D eigenvalue weighted by Crippen LogP contribution is -2.54. The number of amides is 1. The number of hydrogen-bond acceptors (Lipinski definition) is 6. The third-order valence-electron chi connectivity index (χ3n) is 6.06. The Balaban J connectivity index is 1.54. The van der Waals surface area contributed by atoms with Crippen LogP contribution in [0.25, 0.3) is 16.6 Å². The summed E-state index contributed by atoms with van der Waals surface area (Å²) in [5, 5.41) is 6.34. The number of aryl methyl sites for hydroxylation is 1. The normalized spacial score (nSPS) is 18.4. The number of carbonyl (C=O) groups excluding carboxylic acids is 1. The molecule has 1 aromatic carbocycles. The molecule has 0 spiro atoms. The number of fused-ring (bicyclic) bond motifs is 2. The number of ether oxygens (including phenoxy) is 1. The summed E-state index contributed by atoms with van der Waals surface area (Å²) in [6, 6.07) is 7.34. The monoisotopic (exact) mass is 462 g/mol. The third kappa shape index (κ3) is 4.03. The molecule has 5 rings (SSSR count). The molecule has 1 fully saturated rings. The standard InChI is InChI=1S/C25H27FN6O2/c1-14-7-21-19(26)8-17(13-31(21)10-14)29-25(33)18-5-6-20(32-11-15(2)28-16(3)12-32)24-23(18)27-9-22(30-24)34-4/h5-10,13,15-16,28H,11-12H2,1-4H3,(H,29,33)/t15-,16-/m1/s1. The first-order valence-electron chi connectivity index (χ1n) is 11.3. The van der Waals surface area contributed by atoms with E-state index in [-0.39, 0.29) is 5.91 Å². The lowest BCUT2D eigenvalue weighted by molar-refractivity contribution is 0.102. The fraction of sp³-hybridized carbons (Fsp3) is 0.320. The van der Waals surface area contributed by atoms with Crippen LogP contribution in [0.3, 0.4) is 0 Å². The van der Waals surface area contributed by atoms with Gasteiger partial charge in [0.1, 0.15) is 16.9 Å². The largest absolute Gasteiger partial charge is 0.480 e. The van der Waals surface area contributed by atoms with Gasteiger partial charge in [0.2, 0.25) is 5.88 Å². The second-order valence-electron chi connectivity index (χ2n) is 8.96. The van der Waals surface area contributed by atoms with Gasteiger partial charge in [-0.05, 0) is 44.5 Å². The van der Waals surface area contributed by atoms with Gasteiger partial charge in [0.15, 0.2) is 0 Å². The molecule has 8 nitrogen and oxygen atoms in total. The molecule has 176 valence electrons. The molecule has 0 aliphatic carbocycles. The molecule has 2 atom stereocenters. The average molecular weight is 463 g/mol. The average Bonchev–Trinajstić information content (AvgIpc) is 3.18. The van der Waals surface area contributed by atoms with Crippen LogP contribution in [0.15, 0.2) is 42.9 Å².